The van der Waals surface area contributed by atoms with Crippen molar-refractivity contribution in [2.24, 2.45) is 0 Å². The molecule has 20 heavy (non-hydrogen) atoms. The molecule has 1 aromatic carbocycles. The van der Waals surface area contributed by atoms with Crippen LogP contribution < -0.4 is 5.32 Å². The van der Waals surface area contributed by atoms with E-state index in [-0.39, 0.29) is 5.75 Å². The van der Waals surface area contributed by atoms with E-state index < -0.39 is 0 Å². The molecule has 0 bridgehead atoms. The lowest BCUT2D eigenvalue weighted by atomic mass is 9.79. The second kappa shape index (κ2) is 5.92. The van der Waals surface area contributed by atoms with E-state index in [1.807, 2.05) is 12.1 Å². The lowest BCUT2D eigenvalue weighted by Crippen LogP contribution is -2.61. The van der Waals surface area contributed by atoms with E-state index in [0.717, 1.165) is 26.2 Å². The number of benzene rings is 1. The van der Waals surface area contributed by atoms with Crippen molar-refractivity contribution in [1.82, 2.24) is 10.2 Å². The van der Waals surface area contributed by atoms with Crippen molar-refractivity contribution in [2.45, 2.75) is 44.2 Å². The van der Waals surface area contributed by atoms with Gasteiger partial charge in [0.25, 0.3) is 0 Å². The molecule has 1 aliphatic carbocycles. The summed E-state index contributed by atoms with van der Waals surface area (Å²) in [6, 6.07) is 5.59. The molecular formula is C16H23ClN2O. The monoisotopic (exact) mass is 294 g/mol. The summed E-state index contributed by atoms with van der Waals surface area (Å²) in [4.78, 5) is 2.63. The maximum absolute atomic E-state index is 9.54. The average Bonchev–Trinajstić information content (AvgIpc) is 2.47. The number of nitrogens with one attached hydrogen (secondary N) is 1. The fraction of sp³-hybridized carbons (Fsp3) is 0.625. The molecular weight excluding hydrogens is 272 g/mol. The molecule has 1 aromatic rings. The zero-order valence-electron chi connectivity index (χ0n) is 11.9. The smallest absolute Gasteiger partial charge is 0.134 e. The van der Waals surface area contributed by atoms with Gasteiger partial charge < -0.3 is 10.4 Å². The summed E-state index contributed by atoms with van der Waals surface area (Å²) in [5.41, 5.74) is 1.53. The molecule has 0 aromatic heterocycles. The first-order valence-corrected chi connectivity index (χ1v) is 8.01. The molecule has 4 heteroatoms. The van der Waals surface area contributed by atoms with Gasteiger partial charge in [-0.15, -0.1) is 0 Å². The van der Waals surface area contributed by atoms with Gasteiger partial charge in [-0.2, -0.15) is 0 Å². The van der Waals surface area contributed by atoms with Gasteiger partial charge in [0.2, 0.25) is 0 Å². The van der Waals surface area contributed by atoms with Gasteiger partial charge in [-0.05, 0) is 30.5 Å². The van der Waals surface area contributed by atoms with E-state index >= 15 is 0 Å². The van der Waals surface area contributed by atoms with Crippen LogP contribution in [0.4, 0.5) is 0 Å². The Morgan fingerprint density at radius 2 is 2.05 bits per heavy atom. The minimum Gasteiger partial charge on any atom is -0.506 e. The maximum atomic E-state index is 9.54. The van der Waals surface area contributed by atoms with Crippen LogP contribution in [-0.4, -0.2) is 35.2 Å². The third-order valence-electron chi connectivity index (χ3n) is 4.85. The Labute approximate surface area is 125 Å². The summed E-state index contributed by atoms with van der Waals surface area (Å²) < 4.78 is 0. The molecule has 3 nitrogen and oxygen atoms in total. The average molecular weight is 295 g/mol. The Morgan fingerprint density at radius 3 is 2.80 bits per heavy atom. The van der Waals surface area contributed by atoms with E-state index in [9.17, 15) is 5.11 Å². The van der Waals surface area contributed by atoms with Crippen LogP contribution in [0, 0.1) is 0 Å². The van der Waals surface area contributed by atoms with Gasteiger partial charge in [-0.3, -0.25) is 4.90 Å². The zero-order valence-corrected chi connectivity index (χ0v) is 12.6. The van der Waals surface area contributed by atoms with Crippen LogP contribution >= 0.6 is 11.6 Å². The Balaban J connectivity index is 1.77. The molecule has 0 amide bonds. The summed E-state index contributed by atoms with van der Waals surface area (Å²) in [6.45, 7) is 4.20. The SMILES string of the molecule is Oc1ccc(CN2CCNCC23CCCCC3)cc1Cl. The van der Waals surface area contributed by atoms with Crippen molar-refractivity contribution in [3.63, 3.8) is 0 Å². The van der Waals surface area contributed by atoms with Crippen molar-refractivity contribution in [3.8, 4) is 5.75 Å². The highest BCUT2D eigenvalue weighted by Crippen LogP contribution is 2.36. The first kappa shape index (κ1) is 14.2. The molecule has 3 rings (SSSR count). The third kappa shape index (κ3) is 2.80. The molecule has 110 valence electrons. The maximum Gasteiger partial charge on any atom is 0.134 e. The molecule has 2 aliphatic rings. The van der Waals surface area contributed by atoms with Crippen LogP contribution in [-0.2, 0) is 6.54 Å². The Bertz CT molecular complexity index is 463. The van der Waals surface area contributed by atoms with Crippen LogP contribution in [0.25, 0.3) is 0 Å². The van der Waals surface area contributed by atoms with Crippen molar-refractivity contribution in [1.29, 1.82) is 0 Å². The van der Waals surface area contributed by atoms with Gasteiger partial charge in [-0.25, -0.2) is 0 Å². The number of piperazine rings is 1. The van der Waals surface area contributed by atoms with Gasteiger partial charge in [0.15, 0.2) is 0 Å². The minimum atomic E-state index is 0.170. The number of halogens is 1. The largest absolute Gasteiger partial charge is 0.506 e. The van der Waals surface area contributed by atoms with Crippen LogP contribution in [0.5, 0.6) is 5.75 Å². The molecule has 0 atom stereocenters. The van der Waals surface area contributed by atoms with Gasteiger partial charge in [-0.1, -0.05) is 36.9 Å². The predicted octanol–water partition coefficient (Wildman–Crippen LogP) is 3.15. The Hall–Kier alpha value is -0.770. The standard InChI is InChI=1S/C16H23ClN2O/c17-14-10-13(4-5-15(14)20)11-19-9-8-18-12-16(19)6-2-1-3-7-16/h4-5,10,18,20H,1-3,6-9,11-12H2. The van der Waals surface area contributed by atoms with E-state index in [2.05, 4.69) is 10.2 Å². The highest BCUT2D eigenvalue weighted by molar-refractivity contribution is 6.32. The highest BCUT2D eigenvalue weighted by atomic mass is 35.5. The summed E-state index contributed by atoms with van der Waals surface area (Å²) in [5.74, 6) is 0.170. The Kier molecular flexibility index (Phi) is 4.20. The van der Waals surface area contributed by atoms with Crippen molar-refractivity contribution < 1.29 is 5.11 Å². The molecule has 1 saturated carbocycles. The lowest BCUT2D eigenvalue weighted by Gasteiger charge is -2.50. The highest BCUT2D eigenvalue weighted by Gasteiger charge is 2.39. The van der Waals surface area contributed by atoms with Crippen LogP contribution in [0.3, 0.4) is 0 Å². The molecule has 1 heterocycles. The van der Waals surface area contributed by atoms with Crippen molar-refractivity contribution in [3.05, 3.63) is 28.8 Å². The number of nitrogens with zero attached hydrogens (tertiary/aromatic N) is 1. The lowest BCUT2D eigenvalue weighted by molar-refractivity contribution is 0.0209. The number of hydrogen-bond donors (Lipinski definition) is 2. The molecule has 2 N–H and O–H groups in total. The van der Waals surface area contributed by atoms with Crippen LogP contribution in [0.15, 0.2) is 18.2 Å². The summed E-state index contributed by atoms with van der Waals surface area (Å²) in [7, 11) is 0. The van der Waals surface area contributed by atoms with Gasteiger partial charge in [0.05, 0.1) is 5.02 Å². The van der Waals surface area contributed by atoms with E-state index in [1.54, 1.807) is 6.07 Å². The van der Waals surface area contributed by atoms with Crippen LogP contribution in [0.1, 0.15) is 37.7 Å². The number of rotatable bonds is 2. The minimum absolute atomic E-state index is 0.170. The summed E-state index contributed by atoms with van der Waals surface area (Å²) in [6.07, 6.45) is 6.65. The summed E-state index contributed by atoms with van der Waals surface area (Å²) in [5, 5.41) is 13.6. The Morgan fingerprint density at radius 1 is 1.25 bits per heavy atom. The number of aromatic hydroxyl groups is 1. The predicted molar refractivity (Wildman–Crippen MR) is 82.2 cm³/mol. The van der Waals surface area contributed by atoms with E-state index in [0.29, 0.717) is 10.6 Å². The van der Waals surface area contributed by atoms with Crippen LogP contribution in [0.2, 0.25) is 5.02 Å². The molecule has 1 aliphatic heterocycles. The quantitative estimate of drug-likeness (QED) is 0.879. The third-order valence-corrected chi connectivity index (χ3v) is 5.16. The first-order valence-electron chi connectivity index (χ1n) is 7.63. The molecule has 1 saturated heterocycles. The summed E-state index contributed by atoms with van der Waals surface area (Å²) >= 11 is 6.03. The number of phenolic OH excluding ortho intramolecular Hbond substituents is 1. The molecule has 0 radical (unpaired) electrons. The topological polar surface area (TPSA) is 35.5 Å². The number of hydrogen-bond acceptors (Lipinski definition) is 3. The van der Waals surface area contributed by atoms with Gasteiger partial charge in [0, 0.05) is 31.7 Å². The van der Waals surface area contributed by atoms with Crippen molar-refractivity contribution >= 4 is 11.6 Å². The van der Waals surface area contributed by atoms with Gasteiger partial charge in [0.1, 0.15) is 5.75 Å². The normalized spacial score (nSPS) is 23.1. The van der Waals surface area contributed by atoms with Gasteiger partial charge >= 0.3 is 0 Å². The fourth-order valence-electron chi connectivity index (χ4n) is 3.70. The van der Waals surface area contributed by atoms with E-state index in [1.165, 1.54) is 37.7 Å². The number of phenols is 1. The molecule has 2 fully saturated rings. The first-order chi connectivity index (χ1) is 9.70. The van der Waals surface area contributed by atoms with Crippen molar-refractivity contribution in [2.75, 3.05) is 19.6 Å². The molecule has 0 unspecified atom stereocenters. The zero-order chi connectivity index (χ0) is 14.0. The molecule has 1 spiro atoms. The second-order valence-corrected chi connectivity index (χ2v) is 6.58. The fourth-order valence-corrected chi connectivity index (χ4v) is 3.91. The van der Waals surface area contributed by atoms with E-state index in [4.69, 9.17) is 11.6 Å². The second-order valence-electron chi connectivity index (χ2n) is 6.17.